The minimum Gasteiger partial charge on any atom is -0.316 e. The number of rotatable bonds is 1. The number of nitrogens with one attached hydrogen (secondary N) is 1. The first-order valence-corrected chi connectivity index (χ1v) is 6.26. The van der Waals surface area contributed by atoms with E-state index in [1.165, 1.54) is 28.5 Å². The van der Waals surface area contributed by atoms with Crippen molar-refractivity contribution in [3.05, 3.63) is 33.4 Å². The van der Waals surface area contributed by atoms with Crippen molar-refractivity contribution in [3.63, 3.8) is 0 Å². The van der Waals surface area contributed by atoms with Gasteiger partial charge in [0, 0.05) is 15.5 Å². The lowest BCUT2D eigenvalue weighted by Gasteiger charge is -2.35. The molecule has 1 aromatic rings. The van der Waals surface area contributed by atoms with Crippen molar-refractivity contribution in [3.8, 4) is 0 Å². The fourth-order valence-electron chi connectivity index (χ4n) is 2.24. The van der Waals surface area contributed by atoms with Gasteiger partial charge < -0.3 is 5.32 Å². The Bertz CT molecular complexity index is 316. The van der Waals surface area contributed by atoms with Crippen LogP contribution in [0.1, 0.15) is 25.3 Å². The van der Waals surface area contributed by atoms with Crippen LogP contribution in [0.3, 0.4) is 0 Å². The predicted molar refractivity (Wildman–Crippen MR) is 68.6 cm³/mol. The monoisotopic (exact) mass is 301 g/mol. The van der Waals surface area contributed by atoms with Gasteiger partial charge in [0.2, 0.25) is 0 Å². The lowest BCUT2D eigenvalue weighted by atomic mass is 9.77. The largest absolute Gasteiger partial charge is 0.316 e. The normalized spacial score (nSPS) is 27.6. The first-order valence-electron chi connectivity index (χ1n) is 5.18. The molecule has 1 heterocycles. The summed E-state index contributed by atoms with van der Waals surface area (Å²) in [4.78, 5) is 0. The van der Waals surface area contributed by atoms with Gasteiger partial charge in [-0.05, 0) is 53.6 Å². The Labute approximate surface area is 99.4 Å². The fourth-order valence-corrected chi connectivity index (χ4v) is 3.28. The van der Waals surface area contributed by atoms with E-state index in [0.29, 0.717) is 5.41 Å². The zero-order valence-electron chi connectivity index (χ0n) is 8.52. The van der Waals surface area contributed by atoms with E-state index in [1.807, 2.05) is 0 Å². The van der Waals surface area contributed by atoms with Crippen LogP contribution in [0.4, 0.5) is 0 Å². The molecule has 0 spiro atoms. The molecule has 0 saturated carbocycles. The van der Waals surface area contributed by atoms with Crippen molar-refractivity contribution in [2.45, 2.75) is 25.2 Å². The van der Waals surface area contributed by atoms with Gasteiger partial charge in [-0.2, -0.15) is 0 Å². The van der Waals surface area contributed by atoms with Gasteiger partial charge in [0.15, 0.2) is 0 Å². The van der Waals surface area contributed by atoms with Crippen LogP contribution in [0.2, 0.25) is 0 Å². The summed E-state index contributed by atoms with van der Waals surface area (Å²) in [6.07, 6.45) is 2.60. The van der Waals surface area contributed by atoms with E-state index in [9.17, 15) is 0 Å². The molecule has 0 amide bonds. The van der Waals surface area contributed by atoms with E-state index < -0.39 is 0 Å². The topological polar surface area (TPSA) is 12.0 Å². The summed E-state index contributed by atoms with van der Waals surface area (Å²) in [7, 11) is 0. The third-order valence-corrected chi connectivity index (χ3v) is 4.06. The van der Waals surface area contributed by atoms with E-state index in [4.69, 9.17) is 0 Å². The lowest BCUT2D eigenvalue weighted by Crippen LogP contribution is -2.41. The molecule has 1 N–H and O–H groups in total. The van der Waals surface area contributed by atoms with E-state index in [1.54, 1.807) is 0 Å². The Morgan fingerprint density at radius 3 is 2.79 bits per heavy atom. The molecule has 1 aliphatic heterocycles. The second-order valence-electron chi connectivity index (χ2n) is 4.32. The first kappa shape index (κ1) is 10.4. The number of piperidine rings is 1. The van der Waals surface area contributed by atoms with Crippen molar-refractivity contribution >= 4 is 22.6 Å². The van der Waals surface area contributed by atoms with Gasteiger partial charge in [-0.1, -0.05) is 25.1 Å². The number of hydrogen-bond donors (Lipinski definition) is 1. The van der Waals surface area contributed by atoms with Crippen LogP contribution in [-0.2, 0) is 5.41 Å². The van der Waals surface area contributed by atoms with Gasteiger partial charge in [0.1, 0.15) is 0 Å². The Kier molecular flexibility index (Phi) is 3.12. The summed E-state index contributed by atoms with van der Waals surface area (Å²) in [5.74, 6) is 0. The second kappa shape index (κ2) is 4.19. The molecule has 0 bridgehead atoms. The van der Waals surface area contributed by atoms with Crippen LogP contribution in [0.15, 0.2) is 24.3 Å². The van der Waals surface area contributed by atoms with Crippen LogP contribution in [0.25, 0.3) is 0 Å². The molecule has 1 nitrogen and oxygen atoms in total. The standard InChI is InChI=1S/C12H16IN/c1-12(7-4-8-14-9-12)10-5-2-3-6-11(10)13/h2-3,5-6,14H,4,7-9H2,1H3. The molecule has 0 aromatic heterocycles. The zero-order valence-corrected chi connectivity index (χ0v) is 10.7. The summed E-state index contributed by atoms with van der Waals surface area (Å²) in [6, 6.07) is 8.74. The third kappa shape index (κ3) is 1.96. The number of halogens is 1. The van der Waals surface area contributed by atoms with Crippen LogP contribution in [-0.4, -0.2) is 13.1 Å². The van der Waals surface area contributed by atoms with Gasteiger partial charge in [0.05, 0.1) is 0 Å². The van der Waals surface area contributed by atoms with Crippen LogP contribution in [0, 0.1) is 3.57 Å². The maximum absolute atomic E-state index is 3.50. The molecular formula is C12H16IN. The fraction of sp³-hybridized carbons (Fsp3) is 0.500. The second-order valence-corrected chi connectivity index (χ2v) is 5.48. The van der Waals surface area contributed by atoms with Crippen molar-refractivity contribution in [1.29, 1.82) is 0 Å². The summed E-state index contributed by atoms with van der Waals surface area (Å²) in [6.45, 7) is 4.67. The summed E-state index contributed by atoms with van der Waals surface area (Å²) < 4.78 is 1.40. The molecule has 2 rings (SSSR count). The maximum Gasteiger partial charge on any atom is 0.0168 e. The molecule has 1 atom stereocenters. The Balaban J connectivity index is 2.32. The molecule has 14 heavy (non-hydrogen) atoms. The minimum atomic E-state index is 0.343. The van der Waals surface area contributed by atoms with Crippen LogP contribution < -0.4 is 5.32 Å². The van der Waals surface area contributed by atoms with Gasteiger partial charge in [-0.3, -0.25) is 0 Å². The first-order chi connectivity index (χ1) is 6.72. The highest BCUT2D eigenvalue weighted by molar-refractivity contribution is 14.1. The Hall–Kier alpha value is -0.0900. The van der Waals surface area contributed by atoms with E-state index >= 15 is 0 Å². The van der Waals surface area contributed by atoms with E-state index in [2.05, 4.69) is 59.1 Å². The Morgan fingerprint density at radius 2 is 2.14 bits per heavy atom. The molecule has 1 unspecified atom stereocenters. The summed E-state index contributed by atoms with van der Waals surface area (Å²) in [5, 5.41) is 3.50. The molecule has 1 fully saturated rings. The summed E-state index contributed by atoms with van der Waals surface area (Å²) >= 11 is 2.44. The predicted octanol–water partition coefficient (Wildman–Crippen LogP) is 2.93. The molecule has 1 aromatic carbocycles. The van der Waals surface area contributed by atoms with Crippen LogP contribution >= 0.6 is 22.6 Å². The Morgan fingerprint density at radius 1 is 1.36 bits per heavy atom. The van der Waals surface area contributed by atoms with Crippen molar-refractivity contribution in [2.75, 3.05) is 13.1 Å². The highest BCUT2D eigenvalue weighted by Crippen LogP contribution is 2.33. The minimum absolute atomic E-state index is 0.343. The van der Waals surface area contributed by atoms with E-state index in [-0.39, 0.29) is 0 Å². The molecule has 2 heteroatoms. The lowest BCUT2D eigenvalue weighted by molar-refractivity contribution is 0.338. The van der Waals surface area contributed by atoms with E-state index in [0.717, 1.165) is 6.54 Å². The quantitative estimate of drug-likeness (QED) is 0.787. The van der Waals surface area contributed by atoms with Gasteiger partial charge in [0.25, 0.3) is 0 Å². The van der Waals surface area contributed by atoms with Gasteiger partial charge in [-0.15, -0.1) is 0 Å². The molecular weight excluding hydrogens is 285 g/mol. The van der Waals surface area contributed by atoms with Gasteiger partial charge in [-0.25, -0.2) is 0 Å². The molecule has 0 radical (unpaired) electrons. The van der Waals surface area contributed by atoms with Crippen molar-refractivity contribution in [1.82, 2.24) is 5.32 Å². The van der Waals surface area contributed by atoms with Crippen molar-refractivity contribution in [2.24, 2.45) is 0 Å². The van der Waals surface area contributed by atoms with Crippen molar-refractivity contribution < 1.29 is 0 Å². The third-order valence-electron chi connectivity index (χ3n) is 3.12. The average Bonchev–Trinajstić information content (AvgIpc) is 2.19. The molecule has 1 aliphatic rings. The number of benzene rings is 1. The molecule has 0 aliphatic carbocycles. The van der Waals surface area contributed by atoms with Gasteiger partial charge >= 0.3 is 0 Å². The maximum atomic E-state index is 3.50. The zero-order chi connectivity index (χ0) is 10.0. The number of hydrogen-bond acceptors (Lipinski definition) is 1. The molecule has 76 valence electrons. The molecule has 1 saturated heterocycles. The SMILES string of the molecule is CC1(c2ccccc2I)CCCNC1. The smallest absolute Gasteiger partial charge is 0.0168 e. The summed E-state index contributed by atoms with van der Waals surface area (Å²) in [5.41, 5.74) is 1.85. The highest BCUT2D eigenvalue weighted by Gasteiger charge is 2.29. The van der Waals surface area contributed by atoms with Crippen LogP contribution in [0.5, 0.6) is 0 Å². The highest BCUT2D eigenvalue weighted by atomic mass is 127. The average molecular weight is 301 g/mol.